The molecule has 2 heterocycles. The van der Waals surface area contributed by atoms with Crippen molar-refractivity contribution < 1.29 is 23.8 Å². The van der Waals surface area contributed by atoms with Crippen LogP contribution in [0.2, 0.25) is 5.02 Å². The van der Waals surface area contributed by atoms with Gasteiger partial charge in [0.15, 0.2) is 11.5 Å². The van der Waals surface area contributed by atoms with Crippen LogP contribution in [-0.2, 0) is 4.79 Å². The fraction of sp³-hybridized carbons (Fsp3) is 0.0769. The van der Waals surface area contributed by atoms with Gasteiger partial charge >= 0.3 is 0 Å². The summed E-state index contributed by atoms with van der Waals surface area (Å²) in [6.45, 7) is 0. The highest BCUT2D eigenvalue weighted by atomic mass is 35.5. The molecule has 0 bridgehead atoms. The van der Waals surface area contributed by atoms with E-state index < -0.39 is 23.5 Å². The topological polar surface area (TPSA) is 80.0 Å². The summed E-state index contributed by atoms with van der Waals surface area (Å²) in [5.74, 6) is -1.21. The summed E-state index contributed by atoms with van der Waals surface area (Å²) in [7, 11) is 1.55. The number of hydrogen-bond acceptors (Lipinski definition) is 5. The maximum Gasteiger partial charge on any atom is 0.294 e. The number of carbonyl (C=O) groups excluding carboxylic acids is 2. The second-order valence-electron chi connectivity index (χ2n) is 7.57. The first-order valence-corrected chi connectivity index (χ1v) is 10.5. The second kappa shape index (κ2) is 8.15. The number of rotatable bonds is 5. The number of ether oxygens (including phenoxy) is 1. The first kappa shape index (κ1) is 20.8. The van der Waals surface area contributed by atoms with E-state index in [9.17, 15) is 14.7 Å². The van der Waals surface area contributed by atoms with Crippen LogP contribution in [0.25, 0.3) is 11.0 Å². The van der Waals surface area contributed by atoms with E-state index in [1.165, 1.54) is 4.90 Å². The molecule has 3 aromatic carbocycles. The molecular weight excluding hydrogens is 442 g/mol. The molecule has 164 valence electrons. The summed E-state index contributed by atoms with van der Waals surface area (Å²) in [6, 6.07) is 21.6. The predicted octanol–water partition coefficient (Wildman–Crippen LogP) is 5.88. The summed E-state index contributed by atoms with van der Waals surface area (Å²) in [6.07, 6.45) is 0. The van der Waals surface area contributed by atoms with Gasteiger partial charge in [0.05, 0.1) is 18.7 Å². The zero-order valence-electron chi connectivity index (χ0n) is 17.5. The Morgan fingerprint density at radius 1 is 1.03 bits per heavy atom. The van der Waals surface area contributed by atoms with Crippen LogP contribution in [0, 0.1) is 0 Å². The lowest BCUT2D eigenvalue weighted by molar-refractivity contribution is -0.117. The highest BCUT2D eigenvalue weighted by Crippen LogP contribution is 2.42. The highest BCUT2D eigenvalue weighted by molar-refractivity contribution is 6.31. The first-order chi connectivity index (χ1) is 16.0. The molecule has 1 unspecified atom stereocenters. The molecule has 0 aliphatic carbocycles. The average molecular weight is 460 g/mol. The van der Waals surface area contributed by atoms with E-state index in [0.717, 1.165) is 0 Å². The van der Waals surface area contributed by atoms with E-state index >= 15 is 0 Å². The molecule has 6 nitrogen and oxygen atoms in total. The van der Waals surface area contributed by atoms with Crippen molar-refractivity contribution in [2.24, 2.45) is 0 Å². The van der Waals surface area contributed by atoms with Crippen molar-refractivity contribution in [1.29, 1.82) is 0 Å². The molecule has 1 aromatic heterocycles. The number of anilines is 1. The number of Topliss-reactive ketones (excluding diaryl/α,β-unsaturated/α-hetero) is 1. The zero-order valence-corrected chi connectivity index (χ0v) is 18.2. The van der Waals surface area contributed by atoms with Gasteiger partial charge in [-0.15, -0.1) is 0 Å². The minimum atomic E-state index is -0.852. The molecule has 1 aliphatic heterocycles. The van der Waals surface area contributed by atoms with E-state index in [-0.39, 0.29) is 11.3 Å². The van der Waals surface area contributed by atoms with Gasteiger partial charge in [-0.25, -0.2) is 0 Å². The summed E-state index contributed by atoms with van der Waals surface area (Å²) >= 11 is 6.05. The molecule has 0 spiro atoms. The summed E-state index contributed by atoms with van der Waals surface area (Å²) in [5, 5.41) is 12.0. The van der Waals surface area contributed by atoms with Gasteiger partial charge in [0.2, 0.25) is 5.78 Å². The van der Waals surface area contributed by atoms with Crippen LogP contribution >= 0.6 is 11.6 Å². The quantitative estimate of drug-likeness (QED) is 0.377. The number of hydrogen-bond donors (Lipinski definition) is 1. The van der Waals surface area contributed by atoms with E-state index in [0.29, 0.717) is 33.0 Å². The van der Waals surface area contributed by atoms with Gasteiger partial charge in [-0.05, 0) is 54.1 Å². The van der Waals surface area contributed by atoms with Crippen LogP contribution in [0.15, 0.2) is 94.6 Å². The SMILES string of the molecule is COc1ccc(C2C(C(=O)c3cc4cc(Cl)ccc4o3)=C(O)C(=O)N2c2ccccc2)cc1. The number of benzene rings is 3. The lowest BCUT2D eigenvalue weighted by atomic mass is 9.94. The molecule has 1 N–H and O–H groups in total. The van der Waals surface area contributed by atoms with Crippen molar-refractivity contribution in [2.75, 3.05) is 12.0 Å². The standard InChI is InChI=1S/C26H18ClNO5/c1-32-19-10-7-15(8-11-19)23-22(25(30)26(31)28(23)18-5-3-2-4-6-18)24(29)21-14-16-13-17(27)9-12-20(16)33-21/h2-14,23,30H,1H3. The van der Waals surface area contributed by atoms with Crippen molar-refractivity contribution >= 4 is 39.9 Å². The van der Waals surface area contributed by atoms with Crippen LogP contribution in [-0.4, -0.2) is 23.9 Å². The van der Waals surface area contributed by atoms with Crippen LogP contribution in [0.4, 0.5) is 5.69 Å². The smallest absolute Gasteiger partial charge is 0.294 e. The van der Waals surface area contributed by atoms with Gasteiger partial charge in [0.25, 0.3) is 5.91 Å². The monoisotopic (exact) mass is 459 g/mol. The van der Waals surface area contributed by atoms with Gasteiger partial charge < -0.3 is 14.3 Å². The van der Waals surface area contributed by atoms with Gasteiger partial charge in [-0.2, -0.15) is 0 Å². The third-order valence-electron chi connectivity index (χ3n) is 5.62. The molecular formula is C26H18ClNO5. The van der Waals surface area contributed by atoms with Crippen molar-refractivity contribution in [3.05, 3.63) is 107 Å². The number of para-hydroxylation sites is 1. The summed E-state index contributed by atoms with van der Waals surface area (Å²) < 4.78 is 11.0. The lowest BCUT2D eigenvalue weighted by Crippen LogP contribution is -2.31. The van der Waals surface area contributed by atoms with E-state index in [2.05, 4.69) is 0 Å². The Kier molecular flexibility index (Phi) is 5.15. The molecule has 0 saturated heterocycles. The van der Waals surface area contributed by atoms with Gasteiger partial charge in [0, 0.05) is 16.1 Å². The van der Waals surface area contributed by atoms with Crippen LogP contribution < -0.4 is 9.64 Å². The number of ketones is 1. The highest BCUT2D eigenvalue weighted by Gasteiger charge is 2.45. The lowest BCUT2D eigenvalue weighted by Gasteiger charge is -2.26. The van der Waals surface area contributed by atoms with Crippen LogP contribution in [0.3, 0.4) is 0 Å². The molecule has 4 aromatic rings. The maximum atomic E-state index is 13.6. The molecule has 7 heteroatoms. The number of nitrogens with zero attached hydrogens (tertiary/aromatic N) is 1. The third kappa shape index (κ3) is 3.54. The van der Waals surface area contributed by atoms with E-state index in [1.54, 1.807) is 79.9 Å². The largest absolute Gasteiger partial charge is 0.503 e. The first-order valence-electron chi connectivity index (χ1n) is 10.2. The average Bonchev–Trinajstić information content (AvgIpc) is 3.38. The molecule has 1 aliphatic rings. The predicted molar refractivity (Wildman–Crippen MR) is 125 cm³/mol. The van der Waals surface area contributed by atoms with E-state index in [4.69, 9.17) is 20.8 Å². The van der Waals surface area contributed by atoms with Crippen molar-refractivity contribution in [2.45, 2.75) is 6.04 Å². The molecule has 0 saturated carbocycles. The minimum absolute atomic E-state index is 0.00930. The van der Waals surface area contributed by atoms with Gasteiger partial charge in [-0.3, -0.25) is 14.5 Å². The van der Waals surface area contributed by atoms with Crippen LogP contribution in [0.1, 0.15) is 22.2 Å². The molecule has 1 atom stereocenters. The Morgan fingerprint density at radius 2 is 1.76 bits per heavy atom. The molecule has 0 radical (unpaired) electrons. The number of amides is 1. The second-order valence-corrected chi connectivity index (χ2v) is 8.01. The number of carbonyl (C=O) groups is 2. The van der Waals surface area contributed by atoms with Crippen LogP contribution in [0.5, 0.6) is 5.75 Å². The fourth-order valence-electron chi connectivity index (χ4n) is 4.05. The summed E-state index contributed by atoms with van der Waals surface area (Å²) in [5.41, 5.74) is 1.61. The summed E-state index contributed by atoms with van der Waals surface area (Å²) in [4.78, 5) is 28.2. The Morgan fingerprint density at radius 3 is 2.45 bits per heavy atom. The third-order valence-corrected chi connectivity index (χ3v) is 5.86. The molecule has 33 heavy (non-hydrogen) atoms. The number of methoxy groups -OCH3 is 1. The maximum absolute atomic E-state index is 13.6. The Bertz CT molecular complexity index is 1410. The fourth-order valence-corrected chi connectivity index (χ4v) is 4.23. The number of aliphatic hydroxyl groups is 1. The normalized spacial score (nSPS) is 16.0. The number of fused-ring (bicyclic) bond motifs is 1. The van der Waals surface area contributed by atoms with Gasteiger partial charge in [-0.1, -0.05) is 41.9 Å². The van der Waals surface area contributed by atoms with Crippen molar-refractivity contribution in [3.63, 3.8) is 0 Å². The Balaban J connectivity index is 1.65. The Hall–Kier alpha value is -4.03. The zero-order chi connectivity index (χ0) is 23.1. The molecule has 1 amide bonds. The van der Waals surface area contributed by atoms with Gasteiger partial charge in [0.1, 0.15) is 11.3 Å². The number of halogens is 1. The Labute approximate surface area is 194 Å². The van der Waals surface area contributed by atoms with E-state index in [1.807, 2.05) is 6.07 Å². The van der Waals surface area contributed by atoms with Crippen molar-refractivity contribution in [3.8, 4) is 5.75 Å². The minimum Gasteiger partial charge on any atom is -0.503 e. The van der Waals surface area contributed by atoms with Crippen molar-refractivity contribution in [1.82, 2.24) is 0 Å². The number of furan rings is 1. The molecule has 0 fully saturated rings. The molecule has 5 rings (SSSR count). The number of aliphatic hydroxyl groups excluding tert-OH is 1.